The van der Waals surface area contributed by atoms with Gasteiger partial charge in [0.05, 0.1) is 5.69 Å². The number of hydrogen-bond donors (Lipinski definition) is 0. The molecule has 0 N–H and O–H groups in total. The Labute approximate surface area is 392 Å². The maximum atomic E-state index is 2.44. The lowest BCUT2D eigenvalue weighted by molar-refractivity contribution is 1.28. The first-order valence-corrected chi connectivity index (χ1v) is 23.1. The van der Waals surface area contributed by atoms with Crippen LogP contribution in [0.1, 0.15) is 0 Å². The average molecular weight is 852 g/mol. The van der Waals surface area contributed by atoms with E-state index in [-0.39, 0.29) is 0 Å². The second-order valence-corrected chi connectivity index (χ2v) is 17.3. The molecule has 0 unspecified atom stereocenters. The smallest absolute Gasteiger partial charge is 0.0546 e. The Kier molecular flexibility index (Phi) is 10.3. The van der Waals surface area contributed by atoms with Gasteiger partial charge in [0, 0.05) is 16.9 Å². The van der Waals surface area contributed by atoms with Gasteiger partial charge in [-0.15, -0.1) is 0 Å². The van der Waals surface area contributed by atoms with Crippen LogP contribution < -0.4 is 4.90 Å². The predicted molar refractivity (Wildman–Crippen MR) is 286 cm³/mol. The molecule has 12 aromatic carbocycles. The lowest BCUT2D eigenvalue weighted by atomic mass is 9.91. The lowest BCUT2D eigenvalue weighted by Crippen LogP contribution is -2.11. The van der Waals surface area contributed by atoms with E-state index in [1.807, 2.05) is 0 Å². The predicted octanol–water partition coefficient (Wildman–Crippen LogP) is 18.6. The van der Waals surface area contributed by atoms with Crippen molar-refractivity contribution in [1.29, 1.82) is 0 Å². The van der Waals surface area contributed by atoms with Crippen LogP contribution in [0, 0.1) is 0 Å². The molecule has 0 amide bonds. The molecule has 0 spiro atoms. The molecule has 0 saturated carbocycles. The van der Waals surface area contributed by atoms with Crippen molar-refractivity contribution < 1.29 is 0 Å². The van der Waals surface area contributed by atoms with Crippen molar-refractivity contribution in [3.05, 3.63) is 273 Å². The number of fused-ring (bicyclic) bond motifs is 4. The van der Waals surface area contributed by atoms with Crippen LogP contribution in [0.25, 0.3) is 99.1 Å². The first-order chi connectivity index (χ1) is 33.2. The third-order valence-electron chi connectivity index (χ3n) is 13.3. The van der Waals surface area contributed by atoms with Crippen LogP contribution in [-0.2, 0) is 0 Å². The Balaban J connectivity index is 0.995. The molecule has 0 heterocycles. The average Bonchev–Trinajstić information content (AvgIpc) is 3.41. The number of nitrogens with zero attached hydrogens (tertiary/aromatic N) is 1. The van der Waals surface area contributed by atoms with Gasteiger partial charge in [-0.1, -0.05) is 224 Å². The van der Waals surface area contributed by atoms with Crippen molar-refractivity contribution in [3.63, 3.8) is 0 Å². The summed E-state index contributed by atoms with van der Waals surface area (Å²) >= 11 is 0. The van der Waals surface area contributed by atoms with Gasteiger partial charge in [-0.05, 0) is 142 Å². The molecule has 12 rings (SSSR count). The zero-order chi connectivity index (χ0) is 44.5. The molecule has 0 atom stereocenters. The van der Waals surface area contributed by atoms with Crippen molar-refractivity contribution in [1.82, 2.24) is 0 Å². The maximum absolute atomic E-state index is 2.44. The van der Waals surface area contributed by atoms with Crippen LogP contribution in [0.15, 0.2) is 273 Å². The normalized spacial score (nSPS) is 11.3. The second kappa shape index (κ2) is 17.3. The molecule has 0 aliphatic rings. The van der Waals surface area contributed by atoms with Gasteiger partial charge < -0.3 is 4.90 Å². The molecule has 0 aliphatic heterocycles. The fraction of sp³-hybridized carbons (Fsp3) is 0. The Morgan fingerprint density at radius 2 is 0.627 bits per heavy atom. The first-order valence-electron chi connectivity index (χ1n) is 23.1. The van der Waals surface area contributed by atoms with Crippen molar-refractivity contribution in [3.8, 4) is 66.8 Å². The largest absolute Gasteiger partial charge is 0.310 e. The van der Waals surface area contributed by atoms with E-state index >= 15 is 0 Å². The molecule has 0 fully saturated rings. The van der Waals surface area contributed by atoms with E-state index in [1.54, 1.807) is 0 Å². The molecule has 0 aromatic heterocycles. The molecular weight excluding hydrogens is 807 g/mol. The zero-order valence-electron chi connectivity index (χ0n) is 36.9. The fourth-order valence-electron chi connectivity index (χ4n) is 9.81. The highest BCUT2D eigenvalue weighted by atomic mass is 15.1. The van der Waals surface area contributed by atoms with E-state index in [0.29, 0.717) is 0 Å². The van der Waals surface area contributed by atoms with Crippen molar-refractivity contribution in [2.45, 2.75) is 0 Å². The molecule has 314 valence electrons. The van der Waals surface area contributed by atoms with E-state index in [1.165, 1.54) is 88.0 Å². The standard InChI is InChI=1S/C66H45N/c1-3-14-46(15-4-1)48-26-28-49(29-27-48)50-32-37-59(38-33-50)67(60-39-34-51(35-40-60)54-21-13-22-55(42-54)56-31-30-47-16-7-8-19-53(47)43-56)66-45-58(36-41-62(66)52-17-5-2-6-18-52)65-44-57-20-9-10-23-61(57)63-24-11-12-25-64(63)65/h1-45H. The summed E-state index contributed by atoms with van der Waals surface area (Å²) in [5.41, 5.74) is 17.5. The highest BCUT2D eigenvalue weighted by Gasteiger charge is 2.20. The minimum Gasteiger partial charge on any atom is -0.310 e. The van der Waals surface area contributed by atoms with Crippen molar-refractivity contribution >= 4 is 49.4 Å². The van der Waals surface area contributed by atoms with Crippen LogP contribution in [0.3, 0.4) is 0 Å². The third kappa shape index (κ3) is 7.73. The molecule has 1 heteroatoms. The molecule has 12 aromatic rings. The summed E-state index contributed by atoms with van der Waals surface area (Å²) in [4.78, 5) is 2.44. The topological polar surface area (TPSA) is 3.24 Å². The molecule has 0 aliphatic carbocycles. The first kappa shape index (κ1) is 39.8. The number of rotatable bonds is 9. The van der Waals surface area contributed by atoms with Crippen molar-refractivity contribution in [2.75, 3.05) is 4.90 Å². The second-order valence-electron chi connectivity index (χ2n) is 17.3. The van der Waals surface area contributed by atoms with Crippen LogP contribution in [0.2, 0.25) is 0 Å². The van der Waals surface area contributed by atoms with Crippen LogP contribution in [0.4, 0.5) is 17.1 Å². The lowest BCUT2D eigenvalue weighted by Gasteiger charge is -2.29. The monoisotopic (exact) mass is 851 g/mol. The highest BCUT2D eigenvalue weighted by molar-refractivity contribution is 6.14. The number of benzene rings is 12. The van der Waals surface area contributed by atoms with E-state index in [2.05, 4.69) is 278 Å². The Bertz CT molecular complexity index is 3700. The molecule has 1 nitrogen and oxygen atoms in total. The molecule has 67 heavy (non-hydrogen) atoms. The summed E-state index contributed by atoms with van der Waals surface area (Å²) in [5, 5.41) is 7.49. The summed E-state index contributed by atoms with van der Waals surface area (Å²) in [6.45, 7) is 0. The summed E-state index contributed by atoms with van der Waals surface area (Å²) in [6, 6.07) is 99.6. The van der Waals surface area contributed by atoms with Gasteiger partial charge >= 0.3 is 0 Å². The Morgan fingerprint density at radius 3 is 1.28 bits per heavy atom. The summed E-state index contributed by atoms with van der Waals surface area (Å²) in [6.07, 6.45) is 0. The highest BCUT2D eigenvalue weighted by Crippen LogP contribution is 2.45. The minimum atomic E-state index is 1.08. The molecular formula is C66H45N. The quantitative estimate of drug-likeness (QED) is 0.131. The van der Waals surface area contributed by atoms with Gasteiger partial charge in [-0.2, -0.15) is 0 Å². The van der Waals surface area contributed by atoms with Crippen LogP contribution >= 0.6 is 0 Å². The van der Waals surface area contributed by atoms with E-state index < -0.39 is 0 Å². The molecule has 0 bridgehead atoms. The van der Waals surface area contributed by atoms with Gasteiger partial charge in [0.2, 0.25) is 0 Å². The van der Waals surface area contributed by atoms with E-state index in [4.69, 9.17) is 0 Å². The zero-order valence-corrected chi connectivity index (χ0v) is 36.9. The summed E-state index contributed by atoms with van der Waals surface area (Å²) in [7, 11) is 0. The van der Waals surface area contributed by atoms with Gasteiger partial charge in [-0.25, -0.2) is 0 Å². The van der Waals surface area contributed by atoms with Crippen molar-refractivity contribution in [2.24, 2.45) is 0 Å². The van der Waals surface area contributed by atoms with Crippen LogP contribution in [0.5, 0.6) is 0 Å². The summed E-state index contributed by atoms with van der Waals surface area (Å²) < 4.78 is 0. The Morgan fingerprint density at radius 1 is 0.194 bits per heavy atom. The van der Waals surface area contributed by atoms with E-state index in [9.17, 15) is 0 Å². The fourth-order valence-corrected chi connectivity index (χ4v) is 9.81. The van der Waals surface area contributed by atoms with Gasteiger partial charge in [0.25, 0.3) is 0 Å². The van der Waals surface area contributed by atoms with Gasteiger partial charge in [-0.3, -0.25) is 0 Å². The van der Waals surface area contributed by atoms with Crippen LogP contribution in [-0.4, -0.2) is 0 Å². The molecule has 0 saturated heterocycles. The minimum absolute atomic E-state index is 1.08. The summed E-state index contributed by atoms with van der Waals surface area (Å²) in [5.74, 6) is 0. The van der Waals surface area contributed by atoms with Gasteiger partial charge in [0.1, 0.15) is 0 Å². The van der Waals surface area contributed by atoms with E-state index in [0.717, 1.165) is 28.2 Å². The third-order valence-corrected chi connectivity index (χ3v) is 13.3. The SMILES string of the molecule is c1ccc(-c2ccc(-c3ccc(N(c4ccc(-c5cccc(-c6ccc7ccccc7c6)c5)cc4)c4cc(-c5cc6ccccc6c6ccccc56)ccc4-c4ccccc4)cc3)cc2)cc1. The maximum Gasteiger partial charge on any atom is 0.0546 e. The molecule has 0 radical (unpaired) electrons. The number of anilines is 3. The van der Waals surface area contributed by atoms with Gasteiger partial charge in [0.15, 0.2) is 0 Å². The Hall–Kier alpha value is -8.78. The number of hydrogen-bond acceptors (Lipinski definition) is 1.